The van der Waals surface area contributed by atoms with Crippen LogP contribution in [0.4, 0.5) is 0 Å². The average Bonchev–Trinajstić information content (AvgIpc) is 2.82. The van der Waals surface area contributed by atoms with E-state index >= 15 is 0 Å². The first-order valence-electron chi connectivity index (χ1n) is 10.8. The van der Waals surface area contributed by atoms with Gasteiger partial charge in [0.25, 0.3) is 0 Å². The first-order valence-corrected chi connectivity index (χ1v) is 12.3. The normalized spacial score (nSPS) is 16.3. The van der Waals surface area contributed by atoms with Crippen molar-refractivity contribution in [1.82, 2.24) is 0 Å². The molecule has 1 atom stereocenters. The Bertz CT molecular complexity index is 989. The first kappa shape index (κ1) is 25.0. The highest BCUT2D eigenvalue weighted by molar-refractivity contribution is 7.47. The highest BCUT2D eigenvalue weighted by atomic mass is 31.2. The zero-order valence-corrected chi connectivity index (χ0v) is 20.3. The lowest BCUT2D eigenvalue weighted by molar-refractivity contribution is 0.107. The molecular formula is C24H31O8P. The number of hydrogen-bond acceptors (Lipinski definition) is 7. The van der Waals surface area contributed by atoms with Gasteiger partial charge in [0.05, 0.1) is 34.5 Å². The molecule has 2 aromatic carbocycles. The Balaban J connectivity index is 1.82. The minimum Gasteiger partial charge on any atom is -0.493 e. The van der Waals surface area contributed by atoms with Crippen LogP contribution in [0.1, 0.15) is 43.2 Å². The standard InChI is InChI=1S/C24H31O8P/c1-27-20-13-12-17(10-11-18-15-22(28-2)24(30-4)23(16-18)29-3)14-21(20)32-33(25,26)31-19-8-6-5-7-9-19/h10-16,19H,5-9H2,1-4H3,(H,25,26). The van der Waals surface area contributed by atoms with Gasteiger partial charge in [-0.25, -0.2) is 4.57 Å². The molecule has 1 fully saturated rings. The Morgan fingerprint density at radius 1 is 0.788 bits per heavy atom. The molecule has 0 saturated heterocycles. The van der Waals surface area contributed by atoms with E-state index in [4.69, 9.17) is 28.0 Å². The van der Waals surface area contributed by atoms with E-state index in [2.05, 4.69) is 0 Å². The largest absolute Gasteiger partial charge is 0.527 e. The van der Waals surface area contributed by atoms with Crippen LogP contribution in [0.3, 0.4) is 0 Å². The minimum absolute atomic E-state index is 0.131. The molecule has 9 heteroatoms. The summed E-state index contributed by atoms with van der Waals surface area (Å²) in [6, 6.07) is 8.74. The van der Waals surface area contributed by atoms with E-state index in [9.17, 15) is 9.46 Å². The van der Waals surface area contributed by atoms with E-state index in [1.54, 1.807) is 33.5 Å². The Labute approximate surface area is 194 Å². The van der Waals surface area contributed by atoms with Crippen molar-refractivity contribution in [1.29, 1.82) is 0 Å². The van der Waals surface area contributed by atoms with Crippen molar-refractivity contribution in [3.63, 3.8) is 0 Å². The maximum absolute atomic E-state index is 12.6. The van der Waals surface area contributed by atoms with Crippen molar-refractivity contribution in [2.75, 3.05) is 28.4 Å². The van der Waals surface area contributed by atoms with E-state index in [-0.39, 0.29) is 11.9 Å². The second-order valence-electron chi connectivity index (χ2n) is 7.63. The second kappa shape index (κ2) is 11.5. The molecule has 0 radical (unpaired) electrons. The van der Waals surface area contributed by atoms with Gasteiger partial charge in [0.15, 0.2) is 23.0 Å². The van der Waals surface area contributed by atoms with Gasteiger partial charge in [-0.2, -0.15) is 0 Å². The minimum atomic E-state index is -4.30. The number of rotatable bonds is 10. The fourth-order valence-corrected chi connectivity index (χ4v) is 4.78. The van der Waals surface area contributed by atoms with Gasteiger partial charge in [0.1, 0.15) is 0 Å². The number of phosphoric acid groups is 1. The van der Waals surface area contributed by atoms with Crippen molar-refractivity contribution < 1.29 is 37.5 Å². The molecule has 1 unspecified atom stereocenters. The molecule has 33 heavy (non-hydrogen) atoms. The van der Waals surface area contributed by atoms with Gasteiger partial charge in [-0.3, -0.25) is 9.42 Å². The van der Waals surface area contributed by atoms with Gasteiger partial charge in [-0.1, -0.05) is 37.5 Å². The predicted molar refractivity (Wildman–Crippen MR) is 126 cm³/mol. The van der Waals surface area contributed by atoms with Crippen LogP contribution >= 0.6 is 7.82 Å². The molecule has 1 N–H and O–H groups in total. The molecule has 0 bridgehead atoms. The second-order valence-corrected chi connectivity index (χ2v) is 8.96. The molecule has 0 aromatic heterocycles. The molecule has 2 aromatic rings. The topological polar surface area (TPSA) is 92.7 Å². The molecule has 1 saturated carbocycles. The zero-order valence-electron chi connectivity index (χ0n) is 19.4. The third kappa shape index (κ3) is 6.67. The van der Waals surface area contributed by atoms with Crippen LogP contribution < -0.4 is 23.5 Å². The predicted octanol–water partition coefficient (Wildman–Crippen LogP) is 5.72. The van der Waals surface area contributed by atoms with Crippen LogP contribution in [0.15, 0.2) is 30.3 Å². The van der Waals surface area contributed by atoms with Crippen LogP contribution in [-0.2, 0) is 9.09 Å². The van der Waals surface area contributed by atoms with Crippen LogP contribution in [0.2, 0.25) is 0 Å². The van der Waals surface area contributed by atoms with Gasteiger partial charge in [0, 0.05) is 0 Å². The van der Waals surface area contributed by atoms with Gasteiger partial charge in [-0.05, 0) is 48.2 Å². The van der Waals surface area contributed by atoms with Crippen molar-refractivity contribution >= 4 is 20.0 Å². The van der Waals surface area contributed by atoms with Gasteiger partial charge in [-0.15, -0.1) is 0 Å². The maximum atomic E-state index is 12.6. The molecule has 0 spiro atoms. The van der Waals surface area contributed by atoms with Gasteiger partial charge in [0.2, 0.25) is 5.75 Å². The van der Waals surface area contributed by atoms with Crippen molar-refractivity contribution in [2.24, 2.45) is 0 Å². The summed E-state index contributed by atoms with van der Waals surface area (Å²) in [6.45, 7) is 0. The molecule has 180 valence electrons. The van der Waals surface area contributed by atoms with Gasteiger partial charge < -0.3 is 23.5 Å². The molecule has 0 amide bonds. The van der Waals surface area contributed by atoms with E-state index in [1.165, 1.54) is 7.11 Å². The highest BCUT2D eigenvalue weighted by Gasteiger charge is 2.30. The number of methoxy groups -OCH3 is 4. The smallest absolute Gasteiger partial charge is 0.493 e. The SMILES string of the molecule is COc1ccc(C=Cc2cc(OC)c(OC)c(OC)c2)cc1OP(=O)(O)OC1CCCCC1. The summed E-state index contributed by atoms with van der Waals surface area (Å²) < 4.78 is 44.8. The third-order valence-corrected chi connectivity index (χ3v) is 6.38. The lowest BCUT2D eigenvalue weighted by Crippen LogP contribution is -2.16. The third-order valence-electron chi connectivity index (χ3n) is 5.39. The quantitative estimate of drug-likeness (QED) is 0.342. The van der Waals surface area contributed by atoms with Crippen LogP contribution in [0.5, 0.6) is 28.7 Å². The molecule has 0 aliphatic heterocycles. The lowest BCUT2D eigenvalue weighted by Gasteiger charge is -2.24. The average molecular weight is 478 g/mol. The fraction of sp³-hybridized carbons (Fsp3) is 0.417. The van der Waals surface area contributed by atoms with Crippen LogP contribution in [0.25, 0.3) is 12.2 Å². The fourth-order valence-electron chi connectivity index (χ4n) is 3.76. The molecule has 0 heterocycles. The Morgan fingerprint density at radius 2 is 1.36 bits per heavy atom. The summed E-state index contributed by atoms with van der Waals surface area (Å²) in [5, 5.41) is 0. The van der Waals surface area contributed by atoms with Crippen molar-refractivity contribution in [3.8, 4) is 28.7 Å². The lowest BCUT2D eigenvalue weighted by atomic mass is 9.98. The number of benzene rings is 2. The maximum Gasteiger partial charge on any atom is 0.527 e. The van der Waals surface area contributed by atoms with E-state index in [0.717, 1.165) is 43.2 Å². The molecule has 1 aliphatic carbocycles. The Kier molecular flexibility index (Phi) is 8.67. The van der Waals surface area contributed by atoms with E-state index in [1.807, 2.05) is 30.4 Å². The Hall–Kier alpha value is -2.67. The van der Waals surface area contributed by atoms with Crippen LogP contribution in [-0.4, -0.2) is 39.4 Å². The zero-order chi connectivity index (χ0) is 23.8. The highest BCUT2D eigenvalue weighted by Crippen LogP contribution is 2.49. The van der Waals surface area contributed by atoms with E-state index in [0.29, 0.717) is 23.0 Å². The monoisotopic (exact) mass is 478 g/mol. The summed E-state index contributed by atoms with van der Waals surface area (Å²) >= 11 is 0. The van der Waals surface area contributed by atoms with E-state index < -0.39 is 7.82 Å². The number of hydrogen-bond donors (Lipinski definition) is 1. The molecule has 3 rings (SSSR count). The molecular weight excluding hydrogens is 447 g/mol. The Morgan fingerprint density at radius 3 is 1.94 bits per heavy atom. The summed E-state index contributed by atoms with van der Waals surface area (Å²) in [5.74, 6) is 2.05. The summed E-state index contributed by atoms with van der Waals surface area (Å²) in [4.78, 5) is 10.3. The van der Waals surface area contributed by atoms with Crippen molar-refractivity contribution in [3.05, 3.63) is 41.5 Å². The number of ether oxygens (including phenoxy) is 4. The summed E-state index contributed by atoms with van der Waals surface area (Å²) in [7, 11) is 1.83. The molecule has 8 nitrogen and oxygen atoms in total. The summed E-state index contributed by atoms with van der Waals surface area (Å²) in [6.07, 6.45) is 7.99. The van der Waals surface area contributed by atoms with Crippen LogP contribution in [0, 0.1) is 0 Å². The molecule has 1 aliphatic rings. The number of phosphoric ester groups is 1. The van der Waals surface area contributed by atoms with Crippen molar-refractivity contribution in [2.45, 2.75) is 38.2 Å². The van der Waals surface area contributed by atoms with Gasteiger partial charge >= 0.3 is 7.82 Å². The summed E-state index contributed by atoms with van der Waals surface area (Å²) in [5.41, 5.74) is 1.55. The first-order chi connectivity index (χ1) is 15.9.